The van der Waals surface area contributed by atoms with Gasteiger partial charge in [-0.15, -0.1) is 11.3 Å². The normalized spacial score (nSPS) is 14.1. The van der Waals surface area contributed by atoms with Gasteiger partial charge in [-0.05, 0) is 37.1 Å². The molecule has 2 atom stereocenters. The molecule has 0 saturated carbocycles. The van der Waals surface area contributed by atoms with Gasteiger partial charge < -0.3 is 10.5 Å². The van der Waals surface area contributed by atoms with Crippen molar-refractivity contribution < 1.29 is 9.13 Å². The van der Waals surface area contributed by atoms with Crippen LogP contribution in [0.15, 0.2) is 30.3 Å². The predicted octanol–water partition coefficient (Wildman–Crippen LogP) is 4.71. The third kappa shape index (κ3) is 3.51. The average molecular weight is 314 g/mol. The van der Waals surface area contributed by atoms with Crippen LogP contribution in [-0.4, -0.2) is 6.04 Å². The molecule has 0 saturated heterocycles. The van der Waals surface area contributed by atoms with E-state index in [0.717, 1.165) is 11.3 Å². The molecule has 2 unspecified atom stereocenters. The van der Waals surface area contributed by atoms with E-state index in [2.05, 4.69) is 0 Å². The highest BCUT2D eigenvalue weighted by atomic mass is 35.5. The van der Waals surface area contributed by atoms with Gasteiger partial charge in [0.05, 0.1) is 4.34 Å². The highest BCUT2D eigenvalue weighted by Gasteiger charge is 2.22. The Bertz CT molecular complexity index is 587. The number of thiophene rings is 1. The molecule has 0 aliphatic heterocycles. The van der Waals surface area contributed by atoms with Crippen molar-refractivity contribution in [1.82, 2.24) is 0 Å². The van der Waals surface area contributed by atoms with E-state index in [9.17, 15) is 4.39 Å². The van der Waals surface area contributed by atoms with Gasteiger partial charge in [0.2, 0.25) is 0 Å². The van der Waals surface area contributed by atoms with Gasteiger partial charge in [-0.25, -0.2) is 4.39 Å². The van der Waals surface area contributed by atoms with Crippen molar-refractivity contribution in [3.63, 3.8) is 0 Å². The summed E-state index contributed by atoms with van der Waals surface area (Å²) in [6.45, 7) is 3.71. The van der Waals surface area contributed by atoms with E-state index in [0.29, 0.717) is 15.6 Å². The van der Waals surface area contributed by atoms with Gasteiger partial charge in [0.25, 0.3) is 0 Å². The molecule has 2 N–H and O–H groups in total. The average Bonchev–Trinajstić information content (AvgIpc) is 2.85. The lowest BCUT2D eigenvalue weighted by Gasteiger charge is -2.23. The highest BCUT2D eigenvalue weighted by Crippen LogP contribution is 2.33. The third-order valence-electron chi connectivity index (χ3n) is 3.14. The van der Waals surface area contributed by atoms with Gasteiger partial charge in [0.15, 0.2) is 0 Å². The smallest absolute Gasteiger partial charge is 0.148 e. The fraction of sp³-hybridized carbons (Fsp3) is 0.333. The fourth-order valence-electron chi connectivity index (χ4n) is 1.85. The van der Waals surface area contributed by atoms with Gasteiger partial charge in [-0.1, -0.05) is 24.6 Å². The van der Waals surface area contributed by atoms with Crippen LogP contribution >= 0.6 is 22.9 Å². The van der Waals surface area contributed by atoms with E-state index in [-0.39, 0.29) is 18.0 Å². The topological polar surface area (TPSA) is 35.2 Å². The lowest BCUT2D eigenvalue weighted by molar-refractivity contribution is 0.174. The van der Waals surface area contributed by atoms with Crippen molar-refractivity contribution in [2.24, 2.45) is 5.73 Å². The van der Waals surface area contributed by atoms with E-state index >= 15 is 0 Å². The first kappa shape index (κ1) is 15.3. The van der Waals surface area contributed by atoms with E-state index < -0.39 is 0 Å². The predicted molar refractivity (Wildman–Crippen MR) is 82.1 cm³/mol. The first-order valence-electron chi connectivity index (χ1n) is 6.45. The van der Waals surface area contributed by atoms with Crippen molar-refractivity contribution in [2.45, 2.75) is 32.4 Å². The summed E-state index contributed by atoms with van der Waals surface area (Å²) in [5.74, 6) is 0.196. The van der Waals surface area contributed by atoms with Crippen LogP contribution in [0.5, 0.6) is 5.75 Å². The molecule has 0 aliphatic carbocycles. The molecule has 20 heavy (non-hydrogen) atoms. The number of hydrogen-bond acceptors (Lipinski definition) is 3. The molecule has 0 radical (unpaired) electrons. The third-order valence-corrected chi connectivity index (χ3v) is 4.43. The quantitative estimate of drug-likeness (QED) is 0.868. The Morgan fingerprint density at radius 1 is 1.35 bits per heavy atom. The van der Waals surface area contributed by atoms with Gasteiger partial charge in [-0.2, -0.15) is 0 Å². The zero-order valence-corrected chi connectivity index (χ0v) is 13.0. The van der Waals surface area contributed by atoms with E-state index in [1.807, 2.05) is 19.1 Å². The SMILES string of the molecule is CCC(N)C(Oc1ccc(C)c(F)c1)c1ccc(Cl)s1. The maximum absolute atomic E-state index is 13.6. The second kappa shape index (κ2) is 6.57. The summed E-state index contributed by atoms with van der Waals surface area (Å²) in [6.07, 6.45) is 0.439. The molecule has 5 heteroatoms. The van der Waals surface area contributed by atoms with E-state index in [1.54, 1.807) is 19.1 Å². The van der Waals surface area contributed by atoms with Gasteiger partial charge in [-0.3, -0.25) is 0 Å². The molecule has 1 heterocycles. The summed E-state index contributed by atoms with van der Waals surface area (Å²) in [5, 5.41) is 0. The van der Waals surface area contributed by atoms with Crippen LogP contribution in [0.25, 0.3) is 0 Å². The largest absolute Gasteiger partial charge is 0.483 e. The summed E-state index contributed by atoms with van der Waals surface area (Å²) in [5.41, 5.74) is 6.71. The van der Waals surface area contributed by atoms with Gasteiger partial charge in [0, 0.05) is 17.0 Å². The van der Waals surface area contributed by atoms with Crippen molar-refractivity contribution in [2.75, 3.05) is 0 Å². The molecule has 0 spiro atoms. The molecule has 1 aromatic carbocycles. The Labute approximate surface area is 127 Å². The van der Waals surface area contributed by atoms with Crippen LogP contribution in [0, 0.1) is 12.7 Å². The maximum atomic E-state index is 13.6. The first-order valence-corrected chi connectivity index (χ1v) is 7.64. The van der Waals surface area contributed by atoms with Crippen LogP contribution in [0.2, 0.25) is 4.34 Å². The van der Waals surface area contributed by atoms with Gasteiger partial charge in [0.1, 0.15) is 17.7 Å². The molecular formula is C15H17ClFNOS. The molecule has 108 valence electrons. The molecule has 1 aromatic heterocycles. The van der Waals surface area contributed by atoms with Crippen molar-refractivity contribution in [1.29, 1.82) is 0 Å². The Morgan fingerprint density at radius 3 is 2.65 bits per heavy atom. The molecule has 2 nitrogen and oxygen atoms in total. The summed E-state index contributed by atoms with van der Waals surface area (Å²) in [7, 11) is 0. The van der Waals surface area contributed by atoms with Crippen molar-refractivity contribution in [3.8, 4) is 5.75 Å². The fourth-order valence-corrected chi connectivity index (χ4v) is 3.01. The Hall–Kier alpha value is -1.10. The Morgan fingerprint density at radius 2 is 2.10 bits per heavy atom. The molecule has 0 fully saturated rings. The number of hydrogen-bond donors (Lipinski definition) is 1. The molecule has 2 aromatic rings. The standard InChI is InChI=1S/C15H17ClFNOS/c1-3-12(18)15(13-6-7-14(16)20-13)19-10-5-4-9(2)11(17)8-10/h4-8,12,15H,3,18H2,1-2H3. The van der Waals surface area contributed by atoms with E-state index in [4.69, 9.17) is 22.1 Å². The van der Waals surface area contributed by atoms with Gasteiger partial charge >= 0.3 is 0 Å². The number of ether oxygens (including phenoxy) is 1. The van der Waals surface area contributed by atoms with Crippen LogP contribution in [-0.2, 0) is 0 Å². The minimum Gasteiger partial charge on any atom is -0.483 e. The van der Waals surface area contributed by atoms with Crippen molar-refractivity contribution in [3.05, 3.63) is 50.9 Å². The number of nitrogens with two attached hydrogens (primary N) is 1. The molecular weight excluding hydrogens is 297 g/mol. The summed E-state index contributed by atoms with van der Waals surface area (Å²) in [4.78, 5) is 0.949. The lowest BCUT2D eigenvalue weighted by Crippen LogP contribution is -2.30. The number of aryl methyl sites for hydroxylation is 1. The Kier molecular flexibility index (Phi) is 5.02. The summed E-state index contributed by atoms with van der Waals surface area (Å²) >= 11 is 7.40. The van der Waals surface area contributed by atoms with Crippen LogP contribution in [0.4, 0.5) is 4.39 Å². The van der Waals surface area contributed by atoms with Crippen LogP contribution < -0.4 is 10.5 Å². The Balaban J connectivity index is 2.25. The maximum Gasteiger partial charge on any atom is 0.148 e. The molecule has 2 rings (SSSR count). The monoisotopic (exact) mass is 313 g/mol. The molecule has 0 amide bonds. The second-order valence-electron chi connectivity index (χ2n) is 4.66. The number of benzene rings is 1. The number of rotatable bonds is 5. The minimum atomic E-state index is -0.320. The molecule has 0 bridgehead atoms. The van der Waals surface area contributed by atoms with Crippen molar-refractivity contribution >= 4 is 22.9 Å². The summed E-state index contributed by atoms with van der Waals surface area (Å²) in [6, 6.07) is 8.38. The summed E-state index contributed by atoms with van der Waals surface area (Å²) < 4.78 is 20.2. The second-order valence-corrected chi connectivity index (χ2v) is 6.41. The van der Waals surface area contributed by atoms with E-state index in [1.165, 1.54) is 17.4 Å². The lowest BCUT2D eigenvalue weighted by atomic mass is 10.1. The van der Waals surface area contributed by atoms with Crippen LogP contribution in [0.3, 0.4) is 0 Å². The number of halogens is 2. The minimum absolute atomic E-state index is 0.172. The molecule has 0 aliphatic rings. The first-order chi connectivity index (χ1) is 9.51. The van der Waals surface area contributed by atoms with Crippen LogP contribution in [0.1, 0.15) is 29.9 Å². The highest BCUT2D eigenvalue weighted by molar-refractivity contribution is 7.16. The zero-order chi connectivity index (χ0) is 14.7. The zero-order valence-electron chi connectivity index (χ0n) is 11.4.